The van der Waals surface area contributed by atoms with Gasteiger partial charge >= 0.3 is 6.18 Å². The van der Waals surface area contributed by atoms with Gasteiger partial charge in [-0.3, -0.25) is 5.10 Å². The summed E-state index contributed by atoms with van der Waals surface area (Å²) in [5.41, 5.74) is 0.749. The highest BCUT2D eigenvalue weighted by Gasteiger charge is 2.37. The maximum Gasteiger partial charge on any atom is 0.433 e. The van der Waals surface area contributed by atoms with E-state index in [1.807, 2.05) is 13.0 Å². The third-order valence-corrected chi connectivity index (χ3v) is 4.35. The van der Waals surface area contributed by atoms with Gasteiger partial charge in [0.2, 0.25) is 5.95 Å². The predicted octanol–water partition coefficient (Wildman–Crippen LogP) is 1.63. The van der Waals surface area contributed by atoms with Gasteiger partial charge in [-0.1, -0.05) is 0 Å². The van der Waals surface area contributed by atoms with Crippen molar-refractivity contribution in [2.24, 2.45) is 5.92 Å². The molecule has 0 unspecified atom stereocenters. The van der Waals surface area contributed by atoms with Crippen molar-refractivity contribution in [3.05, 3.63) is 29.2 Å². The number of aliphatic hydroxyl groups excluding tert-OH is 1. The molecule has 0 bridgehead atoms. The van der Waals surface area contributed by atoms with E-state index >= 15 is 0 Å². The number of β-amino-alcohol motifs (C(OH)–C–C–N with tert-alkyl or cyclic N) is 1. The number of aliphatic hydroxyl groups is 1. The lowest BCUT2D eigenvalue weighted by Gasteiger charge is -2.21. The molecule has 1 aliphatic rings. The van der Waals surface area contributed by atoms with E-state index in [9.17, 15) is 18.3 Å². The van der Waals surface area contributed by atoms with Gasteiger partial charge in [-0.05, 0) is 19.4 Å². The first-order valence-corrected chi connectivity index (χ1v) is 8.21. The van der Waals surface area contributed by atoms with Crippen LogP contribution in [0.5, 0.6) is 0 Å². The summed E-state index contributed by atoms with van der Waals surface area (Å²) in [5.74, 6) is 0.0104. The van der Waals surface area contributed by atoms with E-state index in [0.717, 1.165) is 17.5 Å². The number of halogens is 3. The highest BCUT2D eigenvalue weighted by Crippen LogP contribution is 2.33. The highest BCUT2D eigenvalue weighted by atomic mass is 19.4. The topological polar surface area (TPSA) is 81.2 Å². The molecule has 26 heavy (non-hydrogen) atoms. The number of nitrogens with one attached hydrogen (secondary N) is 1. The van der Waals surface area contributed by atoms with Crippen molar-refractivity contribution >= 4 is 11.8 Å². The van der Waals surface area contributed by atoms with Crippen LogP contribution in [0.4, 0.5) is 24.9 Å². The van der Waals surface area contributed by atoms with E-state index in [-0.39, 0.29) is 24.2 Å². The van der Waals surface area contributed by atoms with E-state index in [1.165, 1.54) is 4.90 Å². The molecule has 0 aromatic carbocycles. The normalized spacial score (nSPS) is 20.7. The summed E-state index contributed by atoms with van der Waals surface area (Å²) < 4.78 is 39.5. The Balaban J connectivity index is 1.83. The number of aryl methyl sites for hydroxylation is 1. The Labute approximate surface area is 148 Å². The van der Waals surface area contributed by atoms with Gasteiger partial charge in [0.05, 0.1) is 11.8 Å². The molecule has 3 heterocycles. The third kappa shape index (κ3) is 3.90. The van der Waals surface area contributed by atoms with Crippen molar-refractivity contribution < 1.29 is 18.3 Å². The molecule has 2 aromatic rings. The summed E-state index contributed by atoms with van der Waals surface area (Å²) in [7, 11) is 3.17. The SMILES string of the molecule is Cc1cc(C[C@@H]2CN(c3cc(C(F)(F)F)nc(N(C)C)n3)C[C@@H]2O)n[nH]1. The van der Waals surface area contributed by atoms with Crippen LogP contribution in [0, 0.1) is 12.8 Å². The van der Waals surface area contributed by atoms with Crippen molar-refractivity contribution in [2.45, 2.75) is 25.6 Å². The van der Waals surface area contributed by atoms with Crippen LogP contribution in [0.1, 0.15) is 17.1 Å². The van der Waals surface area contributed by atoms with Gasteiger partial charge in [-0.2, -0.15) is 23.3 Å². The first kappa shape index (κ1) is 18.4. The molecule has 2 aromatic heterocycles. The molecule has 1 saturated heterocycles. The second-order valence-electron chi connectivity index (χ2n) is 6.78. The molecule has 2 atom stereocenters. The molecule has 0 aliphatic carbocycles. The Morgan fingerprint density at radius 1 is 1.27 bits per heavy atom. The van der Waals surface area contributed by atoms with E-state index in [4.69, 9.17) is 0 Å². The zero-order valence-electron chi connectivity index (χ0n) is 14.7. The Morgan fingerprint density at radius 2 is 2.00 bits per heavy atom. The number of H-pyrrole nitrogens is 1. The maximum absolute atomic E-state index is 13.2. The number of nitrogens with zero attached hydrogens (tertiary/aromatic N) is 5. The van der Waals surface area contributed by atoms with Crippen LogP contribution in [0.2, 0.25) is 0 Å². The molecule has 3 rings (SSSR count). The van der Waals surface area contributed by atoms with Gasteiger partial charge in [0, 0.05) is 44.9 Å². The fourth-order valence-electron chi connectivity index (χ4n) is 3.02. The molecule has 2 N–H and O–H groups in total. The van der Waals surface area contributed by atoms with Gasteiger partial charge in [0.15, 0.2) is 5.69 Å². The fourth-order valence-corrected chi connectivity index (χ4v) is 3.02. The summed E-state index contributed by atoms with van der Waals surface area (Å²) in [5, 5.41) is 17.3. The Morgan fingerprint density at radius 3 is 2.58 bits per heavy atom. The number of hydrogen-bond acceptors (Lipinski definition) is 6. The lowest BCUT2D eigenvalue weighted by Crippen LogP contribution is -2.25. The average molecular weight is 370 g/mol. The van der Waals surface area contributed by atoms with Crippen molar-refractivity contribution in [3.63, 3.8) is 0 Å². The highest BCUT2D eigenvalue weighted by molar-refractivity contribution is 5.47. The Bertz CT molecular complexity index is 776. The minimum absolute atomic E-state index is 0.0179. The lowest BCUT2D eigenvalue weighted by atomic mass is 10.0. The summed E-state index contributed by atoms with van der Waals surface area (Å²) in [6, 6.07) is 2.83. The third-order valence-electron chi connectivity index (χ3n) is 4.35. The number of anilines is 2. The molecule has 1 fully saturated rings. The van der Waals surface area contributed by atoms with Gasteiger partial charge in [0.25, 0.3) is 0 Å². The van der Waals surface area contributed by atoms with Crippen LogP contribution in [-0.2, 0) is 12.6 Å². The average Bonchev–Trinajstić information content (AvgIpc) is 3.12. The lowest BCUT2D eigenvalue weighted by molar-refractivity contribution is -0.141. The van der Waals surface area contributed by atoms with Gasteiger partial charge in [-0.15, -0.1) is 0 Å². The molecule has 0 amide bonds. The van der Waals surface area contributed by atoms with E-state index in [2.05, 4.69) is 20.2 Å². The molecule has 0 saturated carbocycles. The van der Waals surface area contributed by atoms with Crippen LogP contribution in [-0.4, -0.2) is 58.6 Å². The second-order valence-corrected chi connectivity index (χ2v) is 6.78. The van der Waals surface area contributed by atoms with Crippen molar-refractivity contribution in [2.75, 3.05) is 37.0 Å². The van der Waals surface area contributed by atoms with E-state index < -0.39 is 18.0 Å². The Kier molecular flexibility index (Phi) is 4.78. The first-order chi connectivity index (χ1) is 12.1. The maximum atomic E-state index is 13.2. The molecule has 0 spiro atoms. The minimum Gasteiger partial charge on any atom is -0.391 e. The molecule has 10 heteroatoms. The second kappa shape index (κ2) is 6.75. The van der Waals surface area contributed by atoms with Gasteiger partial charge in [0.1, 0.15) is 5.82 Å². The molecule has 0 radical (unpaired) electrons. The van der Waals surface area contributed by atoms with Crippen LogP contribution < -0.4 is 9.80 Å². The van der Waals surface area contributed by atoms with Crippen LogP contribution in [0.15, 0.2) is 12.1 Å². The van der Waals surface area contributed by atoms with E-state index in [0.29, 0.717) is 13.0 Å². The number of aromatic amines is 1. The quantitative estimate of drug-likeness (QED) is 0.852. The zero-order valence-corrected chi connectivity index (χ0v) is 14.7. The van der Waals surface area contributed by atoms with E-state index in [1.54, 1.807) is 19.0 Å². The molecular formula is C16H21F3N6O. The van der Waals surface area contributed by atoms with Crippen molar-refractivity contribution in [1.29, 1.82) is 0 Å². The molecule has 7 nitrogen and oxygen atoms in total. The first-order valence-electron chi connectivity index (χ1n) is 8.21. The predicted molar refractivity (Wildman–Crippen MR) is 90.1 cm³/mol. The number of aromatic nitrogens is 4. The number of alkyl halides is 3. The molecular weight excluding hydrogens is 349 g/mol. The summed E-state index contributed by atoms with van der Waals surface area (Å²) in [6.45, 7) is 2.50. The van der Waals surface area contributed by atoms with Crippen LogP contribution in [0.3, 0.4) is 0 Å². The number of hydrogen-bond donors (Lipinski definition) is 2. The summed E-state index contributed by atoms with van der Waals surface area (Å²) in [6.07, 6.45) is -4.69. The van der Waals surface area contributed by atoms with Crippen molar-refractivity contribution in [1.82, 2.24) is 20.2 Å². The monoisotopic (exact) mass is 370 g/mol. The smallest absolute Gasteiger partial charge is 0.391 e. The minimum atomic E-state index is -4.56. The van der Waals surface area contributed by atoms with Crippen LogP contribution in [0.25, 0.3) is 0 Å². The largest absolute Gasteiger partial charge is 0.433 e. The van der Waals surface area contributed by atoms with Crippen molar-refractivity contribution in [3.8, 4) is 0 Å². The van der Waals surface area contributed by atoms with Gasteiger partial charge < -0.3 is 14.9 Å². The molecule has 1 aliphatic heterocycles. The zero-order chi connectivity index (χ0) is 19.1. The van der Waals surface area contributed by atoms with Crippen LogP contribution >= 0.6 is 0 Å². The Hall–Kier alpha value is -2.36. The fraction of sp³-hybridized carbons (Fsp3) is 0.562. The molecule has 142 valence electrons. The number of rotatable bonds is 4. The standard InChI is InChI=1S/C16H21F3N6O/c1-9-4-11(23-22-9)5-10-7-25(8-12(10)26)14-6-13(16(17,18)19)20-15(21-14)24(2)3/h4,6,10,12,26H,5,7-8H2,1-3H3,(H,22,23)/t10-,12+/m1/s1. The summed E-state index contributed by atoms with van der Waals surface area (Å²) >= 11 is 0. The van der Waals surface area contributed by atoms with Gasteiger partial charge in [-0.25, -0.2) is 4.98 Å². The summed E-state index contributed by atoms with van der Waals surface area (Å²) in [4.78, 5) is 10.9.